The van der Waals surface area contributed by atoms with Gasteiger partial charge in [-0.2, -0.15) is 5.10 Å². The SMILES string of the molecule is CN/N=C/c1c(-c2ccccc2)nc2sccn12. The van der Waals surface area contributed by atoms with Crippen molar-refractivity contribution in [3.63, 3.8) is 0 Å². The topological polar surface area (TPSA) is 41.7 Å². The van der Waals surface area contributed by atoms with Crippen LogP contribution in [0.2, 0.25) is 0 Å². The van der Waals surface area contributed by atoms with E-state index in [9.17, 15) is 0 Å². The molecule has 0 spiro atoms. The maximum atomic E-state index is 4.66. The number of nitrogens with zero attached hydrogens (tertiary/aromatic N) is 3. The van der Waals surface area contributed by atoms with Crippen molar-refractivity contribution >= 4 is 22.5 Å². The molecule has 0 fully saturated rings. The Balaban J connectivity index is 2.22. The molecule has 3 aromatic rings. The van der Waals surface area contributed by atoms with Crippen molar-refractivity contribution in [3.8, 4) is 11.3 Å². The van der Waals surface area contributed by atoms with Crippen molar-refractivity contribution in [2.45, 2.75) is 0 Å². The van der Waals surface area contributed by atoms with Crippen molar-refractivity contribution < 1.29 is 0 Å². The van der Waals surface area contributed by atoms with E-state index in [-0.39, 0.29) is 0 Å². The van der Waals surface area contributed by atoms with Crippen LogP contribution in [0.1, 0.15) is 5.69 Å². The minimum Gasteiger partial charge on any atom is -0.313 e. The first-order valence-corrected chi connectivity index (χ1v) is 6.49. The molecule has 0 aliphatic rings. The summed E-state index contributed by atoms with van der Waals surface area (Å²) in [5.74, 6) is 0. The smallest absolute Gasteiger partial charge is 0.194 e. The molecule has 0 aliphatic carbocycles. The molecule has 3 rings (SSSR count). The van der Waals surface area contributed by atoms with Crippen molar-refractivity contribution in [1.82, 2.24) is 14.8 Å². The number of fused-ring (bicyclic) bond motifs is 1. The van der Waals surface area contributed by atoms with E-state index in [0.717, 1.165) is 21.9 Å². The first-order valence-electron chi connectivity index (χ1n) is 5.61. The van der Waals surface area contributed by atoms with E-state index in [1.807, 2.05) is 34.2 Å². The lowest BCUT2D eigenvalue weighted by molar-refractivity contribution is 0.906. The summed E-state index contributed by atoms with van der Waals surface area (Å²) >= 11 is 1.62. The van der Waals surface area contributed by atoms with Crippen molar-refractivity contribution in [2.24, 2.45) is 5.10 Å². The zero-order valence-corrected chi connectivity index (χ0v) is 10.7. The van der Waals surface area contributed by atoms with Gasteiger partial charge in [0.2, 0.25) is 0 Å². The molecule has 1 N–H and O–H groups in total. The Morgan fingerprint density at radius 1 is 1.33 bits per heavy atom. The second kappa shape index (κ2) is 4.62. The lowest BCUT2D eigenvalue weighted by Gasteiger charge is -1.98. The van der Waals surface area contributed by atoms with Gasteiger partial charge in [-0.05, 0) is 0 Å². The second-order valence-corrected chi connectivity index (χ2v) is 4.62. The second-order valence-electron chi connectivity index (χ2n) is 3.75. The molecular weight excluding hydrogens is 244 g/mol. The van der Waals surface area contributed by atoms with Gasteiger partial charge in [0, 0.05) is 24.2 Å². The van der Waals surface area contributed by atoms with E-state index in [4.69, 9.17) is 0 Å². The number of imidazole rings is 1. The Labute approximate surface area is 109 Å². The summed E-state index contributed by atoms with van der Waals surface area (Å²) in [5, 5.41) is 6.12. The summed E-state index contributed by atoms with van der Waals surface area (Å²) in [5.41, 5.74) is 5.83. The number of aromatic nitrogens is 2. The third-order valence-corrected chi connectivity index (χ3v) is 3.42. The summed E-state index contributed by atoms with van der Waals surface area (Å²) < 4.78 is 2.05. The van der Waals surface area contributed by atoms with Crippen molar-refractivity contribution in [1.29, 1.82) is 0 Å². The quantitative estimate of drug-likeness (QED) is 0.578. The fraction of sp³-hybridized carbons (Fsp3) is 0.0769. The zero-order chi connectivity index (χ0) is 12.4. The highest BCUT2D eigenvalue weighted by Gasteiger charge is 2.12. The molecule has 0 unspecified atom stereocenters. The monoisotopic (exact) mass is 256 g/mol. The molecule has 90 valence electrons. The van der Waals surface area contributed by atoms with Gasteiger partial charge in [0.15, 0.2) is 4.96 Å². The van der Waals surface area contributed by atoms with Crippen LogP contribution in [0.4, 0.5) is 0 Å². The number of hydrogen-bond acceptors (Lipinski definition) is 4. The van der Waals surface area contributed by atoms with Crippen LogP contribution < -0.4 is 5.43 Å². The Morgan fingerprint density at radius 3 is 2.94 bits per heavy atom. The molecule has 0 saturated heterocycles. The van der Waals surface area contributed by atoms with E-state index < -0.39 is 0 Å². The van der Waals surface area contributed by atoms with Crippen molar-refractivity contribution in [3.05, 3.63) is 47.6 Å². The number of thiazole rings is 1. The van der Waals surface area contributed by atoms with Gasteiger partial charge in [0.05, 0.1) is 17.6 Å². The Kier molecular flexibility index (Phi) is 2.82. The molecule has 0 bridgehead atoms. The maximum absolute atomic E-state index is 4.66. The minimum absolute atomic E-state index is 0.960. The van der Waals surface area contributed by atoms with Crippen LogP contribution >= 0.6 is 11.3 Å². The predicted molar refractivity (Wildman–Crippen MR) is 75.2 cm³/mol. The van der Waals surface area contributed by atoms with E-state index in [2.05, 4.69) is 27.6 Å². The number of rotatable bonds is 3. The summed E-state index contributed by atoms with van der Waals surface area (Å²) in [4.78, 5) is 5.64. The molecule has 0 radical (unpaired) electrons. The molecule has 4 nitrogen and oxygen atoms in total. The fourth-order valence-electron chi connectivity index (χ4n) is 1.86. The van der Waals surface area contributed by atoms with Gasteiger partial charge < -0.3 is 5.43 Å². The standard InChI is InChI=1S/C13H12N4S/c1-14-15-9-11-12(10-5-3-2-4-6-10)16-13-17(11)7-8-18-13/h2-9,14H,1H3/b15-9+. The van der Waals surface area contributed by atoms with E-state index in [1.54, 1.807) is 24.6 Å². The molecule has 0 saturated carbocycles. The molecule has 2 heterocycles. The molecule has 5 heteroatoms. The van der Waals surface area contributed by atoms with Gasteiger partial charge in [-0.25, -0.2) is 4.98 Å². The summed E-state index contributed by atoms with van der Waals surface area (Å²) in [6, 6.07) is 10.2. The summed E-state index contributed by atoms with van der Waals surface area (Å²) in [6.07, 6.45) is 3.81. The largest absolute Gasteiger partial charge is 0.313 e. The van der Waals surface area contributed by atoms with Crippen LogP contribution in [0.3, 0.4) is 0 Å². The van der Waals surface area contributed by atoms with Gasteiger partial charge in [0.1, 0.15) is 0 Å². The van der Waals surface area contributed by atoms with Gasteiger partial charge in [-0.3, -0.25) is 4.40 Å². The Morgan fingerprint density at radius 2 is 2.17 bits per heavy atom. The molecule has 2 aromatic heterocycles. The van der Waals surface area contributed by atoms with Crippen LogP contribution in [-0.2, 0) is 0 Å². The highest BCUT2D eigenvalue weighted by Crippen LogP contribution is 2.25. The van der Waals surface area contributed by atoms with Gasteiger partial charge in [0.25, 0.3) is 0 Å². The average Bonchev–Trinajstić information content (AvgIpc) is 2.98. The van der Waals surface area contributed by atoms with Crippen molar-refractivity contribution in [2.75, 3.05) is 7.05 Å². The maximum Gasteiger partial charge on any atom is 0.194 e. The molecule has 18 heavy (non-hydrogen) atoms. The molecule has 0 aliphatic heterocycles. The lowest BCUT2D eigenvalue weighted by atomic mass is 10.1. The zero-order valence-electron chi connectivity index (χ0n) is 9.87. The van der Waals surface area contributed by atoms with E-state index in [1.165, 1.54) is 0 Å². The highest BCUT2D eigenvalue weighted by molar-refractivity contribution is 7.15. The van der Waals surface area contributed by atoms with Gasteiger partial charge >= 0.3 is 0 Å². The number of benzene rings is 1. The van der Waals surface area contributed by atoms with Gasteiger partial charge in [-0.1, -0.05) is 30.3 Å². The third kappa shape index (κ3) is 1.78. The Bertz CT molecular complexity index is 681. The summed E-state index contributed by atoms with van der Waals surface area (Å²) in [6.45, 7) is 0. The first kappa shape index (κ1) is 11.0. The first-order chi connectivity index (χ1) is 8.90. The highest BCUT2D eigenvalue weighted by atomic mass is 32.1. The lowest BCUT2D eigenvalue weighted by Crippen LogP contribution is -1.98. The third-order valence-electron chi connectivity index (χ3n) is 2.66. The number of hydrogen-bond donors (Lipinski definition) is 1. The van der Waals surface area contributed by atoms with Crippen LogP contribution in [0.15, 0.2) is 47.0 Å². The van der Waals surface area contributed by atoms with E-state index in [0.29, 0.717) is 0 Å². The van der Waals surface area contributed by atoms with Crippen LogP contribution in [0.25, 0.3) is 16.2 Å². The Hall–Kier alpha value is -2.14. The molecule has 0 amide bonds. The molecule has 1 aromatic carbocycles. The van der Waals surface area contributed by atoms with Crippen LogP contribution in [-0.4, -0.2) is 22.6 Å². The molecular formula is C13H12N4S. The summed E-state index contributed by atoms with van der Waals surface area (Å²) in [7, 11) is 1.78. The number of hydrazone groups is 1. The normalized spacial score (nSPS) is 11.4. The minimum atomic E-state index is 0.960. The van der Waals surface area contributed by atoms with Crippen LogP contribution in [0, 0.1) is 0 Å². The fourth-order valence-corrected chi connectivity index (χ4v) is 2.58. The van der Waals surface area contributed by atoms with Gasteiger partial charge in [-0.15, -0.1) is 11.3 Å². The van der Waals surface area contributed by atoms with Crippen LogP contribution in [0.5, 0.6) is 0 Å². The van der Waals surface area contributed by atoms with E-state index >= 15 is 0 Å². The average molecular weight is 256 g/mol. The molecule has 0 atom stereocenters. The number of nitrogens with one attached hydrogen (secondary N) is 1. The predicted octanol–water partition coefficient (Wildman–Crippen LogP) is 2.62.